The third kappa shape index (κ3) is 5.12. The number of imidazole rings is 1. The summed E-state index contributed by atoms with van der Waals surface area (Å²) in [7, 11) is 0. The van der Waals surface area contributed by atoms with Crippen molar-refractivity contribution in [2.75, 3.05) is 12.0 Å². The van der Waals surface area contributed by atoms with Crippen molar-refractivity contribution in [3.05, 3.63) is 99.8 Å². The second-order valence-electron chi connectivity index (χ2n) is 7.45. The van der Waals surface area contributed by atoms with Crippen LogP contribution in [-0.2, 0) is 6.54 Å². The number of fused-ring (bicyclic) bond motifs is 1. The highest BCUT2D eigenvalue weighted by atomic mass is 35.5. The first-order valence-electron chi connectivity index (χ1n) is 10.3. The molecule has 3 aromatic carbocycles. The predicted octanol–water partition coefficient (Wildman–Crippen LogP) is 6.62. The van der Waals surface area contributed by atoms with Gasteiger partial charge in [-0.3, -0.25) is 4.79 Å². The van der Waals surface area contributed by atoms with Gasteiger partial charge in [-0.1, -0.05) is 53.5 Å². The summed E-state index contributed by atoms with van der Waals surface area (Å²) in [6.45, 7) is 0.506. The number of halogens is 2. The number of para-hydroxylation sites is 2. The van der Waals surface area contributed by atoms with Gasteiger partial charge in [-0.2, -0.15) is 11.8 Å². The summed E-state index contributed by atoms with van der Waals surface area (Å²) < 4.78 is 2.13. The zero-order valence-electron chi connectivity index (χ0n) is 17.6. The molecule has 0 bridgehead atoms. The molecule has 0 aliphatic carbocycles. The fourth-order valence-electron chi connectivity index (χ4n) is 3.69. The molecule has 32 heavy (non-hydrogen) atoms. The van der Waals surface area contributed by atoms with E-state index in [9.17, 15) is 4.79 Å². The van der Waals surface area contributed by atoms with Crippen molar-refractivity contribution in [3.63, 3.8) is 0 Å². The van der Waals surface area contributed by atoms with E-state index in [-0.39, 0.29) is 11.9 Å². The Morgan fingerprint density at radius 1 is 1.06 bits per heavy atom. The molecule has 1 heterocycles. The highest BCUT2D eigenvalue weighted by molar-refractivity contribution is 7.98. The van der Waals surface area contributed by atoms with Crippen molar-refractivity contribution in [1.29, 1.82) is 0 Å². The maximum absolute atomic E-state index is 13.0. The van der Waals surface area contributed by atoms with Gasteiger partial charge in [-0.05, 0) is 66.5 Å². The van der Waals surface area contributed by atoms with Crippen LogP contribution in [0.3, 0.4) is 0 Å². The number of rotatable bonds is 8. The predicted molar refractivity (Wildman–Crippen MR) is 135 cm³/mol. The lowest BCUT2D eigenvalue weighted by Crippen LogP contribution is -2.31. The Bertz CT molecular complexity index is 1230. The van der Waals surface area contributed by atoms with Gasteiger partial charge in [-0.15, -0.1) is 0 Å². The van der Waals surface area contributed by atoms with Gasteiger partial charge in [0, 0.05) is 15.6 Å². The molecule has 0 saturated carbocycles. The summed E-state index contributed by atoms with van der Waals surface area (Å²) in [5.41, 5.74) is 3.40. The molecule has 4 aromatic rings. The SMILES string of the molecule is CSCC[C@@H](NC(=O)c1ccccc1)c1nc2ccccc2n1Cc1cc(Cl)ccc1Cl. The highest BCUT2D eigenvalue weighted by Crippen LogP contribution is 2.28. The summed E-state index contributed by atoms with van der Waals surface area (Å²) in [5.74, 6) is 1.58. The van der Waals surface area contributed by atoms with Crippen LogP contribution in [0, 0.1) is 0 Å². The van der Waals surface area contributed by atoms with Crippen LogP contribution in [0.5, 0.6) is 0 Å². The fourth-order valence-corrected chi connectivity index (χ4v) is 4.54. The van der Waals surface area contributed by atoms with E-state index >= 15 is 0 Å². The van der Waals surface area contributed by atoms with E-state index in [2.05, 4.69) is 16.1 Å². The van der Waals surface area contributed by atoms with Gasteiger partial charge in [0.1, 0.15) is 5.82 Å². The van der Waals surface area contributed by atoms with Crippen LogP contribution in [-0.4, -0.2) is 27.5 Å². The molecule has 0 aliphatic heterocycles. The number of carbonyl (C=O) groups is 1. The van der Waals surface area contributed by atoms with Crippen molar-refractivity contribution in [2.24, 2.45) is 0 Å². The minimum Gasteiger partial charge on any atom is -0.342 e. The molecule has 0 aliphatic rings. The Morgan fingerprint density at radius 2 is 1.81 bits per heavy atom. The Hall–Kier alpha value is -2.47. The van der Waals surface area contributed by atoms with Gasteiger partial charge in [0.2, 0.25) is 0 Å². The van der Waals surface area contributed by atoms with Gasteiger partial charge in [0.25, 0.3) is 5.91 Å². The fraction of sp³-hybridized carbons (Fsp3) is 0.200. The lowest BCUT2D eigenvalue weighted by Gasteiger charge is -2.20. The number of hydrogen-bond acceptors (Lipinski definition) is 3. The molecule has 4 nitrogen and oxygen atoms in total. The molecule has 1 N–H and O–H groups in total. The van der Waals surface area contributed by atoms with E-state index in [0.29, 0.717) is 22.2 Å². The monoisotopic (exact) mass is 483 g/mol. The molecule has 0 radical (unpaired) electrons. The van der Waals surface area contributed by atoms with Crippen LogP contribution in [0.25, 0.3) is 11.0 Å². The van der Waals surface area contributed by atoms with E-state index in [0.717, 1.165) is 34.6 Å². The second kappa shape index (κ2) is 10.4. The van der Waals surface area contributed by atoms with Gasteiger partial charge >= 0.3 is 0 Å². The van der Waals surface area contributed by atoms with Crippen LogP contribution in [0.2, 0.25) is 10.0 Å². The first kappa shape index (κ1) is 22.7. The number of hydrogen-bond donors (Lipinski definition) is 1. The van der Waals surface area contributed by atoms with Crippen LogP contribution < -0.4 is 5.32 Å². The number of nitrogens with zero attached hydrogens (tertiary/aromatic N) is 2. The van der Waals surface area contributed by atoms with Crippen molar-refractivity contribution in [1.82, 2.24) is 14.9 Å². The number of nitrogens with one attached hydrogen (secondary N) is 1. The Kier molecular flexibility index (Phi) is 7.40. The molecule has 164 valence electrons. The van der Waals surface area contributed by atoms with Crippen molar-refractivity contribution < 1.29 is 4.79 Å². The number of benzene rings is 3. The van der Waals surface area contributed by atoms with E-state index in [1.807, 2.05) is 60.7 Å². The van der Waals surface area contributed by atoms with Gasteiger partial charge in [0.15, 0.2) is 0 Å². The van der Waals surface area contributed by atoms with E-state index < -0.39 is 0 Å². The summed E-state index contributed by atoms with van der Waals surface area (Å²) in [5, 5.41) is 4.48. The van der Waals surface area contributed by atoms with Crippen molar-refractivity contribution in [2.45, 2.75) is 19.0 Å². The molecule has 1 amide bonds. The van der Waals surface area contributed by atoms with Crippen molar-refractivity contribution in [3.8, 4) is 0 Å². The van der Waals surface area contributed by atoms with E-state index in [1.54, 1.807) is 23.9 Å². The molecule has 1 aromatic heterocycles. The minimum absolute atomic E-state index is 0.115. The molecule has 4 rings (SSSR count). The maximum Gasteiger partial charge on any atom is 0.251 e. The lowest BCUT2D eigenvalue weighted by atomic mass is 10.1. The maximum atomic E-state index is 13.0. The molecule has 0 unspecified atom stereocenters. The first-order chi connectivity index (χ1) is 15.6. The summed E-state index contributed by atoms with van der Waals surface area (Å²) in [4.78, 5) is 17.9. The van der Waals surface area contributed by atoms with Crippen molar-refractivity contribution >= 4 is 51.9 Å². The molecule has 1 atom stereocenters. The van der Waals surface area contributed by atoms with Gasteiger partial charge < -0.3 is 9.88 Å². The Morgan fingerprint density at radius 3 is 2.59 bits per heavy atom. The zero-order valence-corrected chi connectivity index (χ0v) is 19.9. The van der Waals surface area contributed by atoms with Gasteiger partial charge in [-0.25, -0.2) is 4.98 Å². The summed E-state index contributed by atoms with van der Waals surface area (Å²) in [6, 6.07) is 22.4. The van der Waals surface area contributed by atoms with Crippen LogP contribution in [0.1, 0.15) is 34.2 Å². The average Bonchev–Trinajstić information content (AvgIpc) is 3.18. The van der Waals surface area contributed by atoms with Crippen LogP contribution in [0.4, 0.5) is 0 Å². The minimum atomic E-state index is -0.250. The second-order valence-corrected chi connectivity index (χ2v) is 9.28. The Labute approximate surface area is 201 Å². The normalized spacial score (nSPS) is 12.1. The largest absolute Gasteiger partial charge is 0.342 e. The summed E-state index contributed by atoms with van der Waals surface area (Å²) >= 11 is 14.5. The number of amides is 1. The zero-order chi connectivity index (χ0) is 22.5. The average molecular weight is 484 g/mol. The standard InChI is InChI=1S/C25H23Cl2N3OS/c1-32-14-13-22(29-25(31)17-7-3-2-4-8-17)24-28-21-9-5-6-10-23(21)30(24)16-18-15-19(26)11-12-20(18)27/h2-12,15,22H,13-14,16H2,1H3,(H,29,31)/t22-/m1/s1. The van der Waals surface area contributed by atoms with E-state index in [4.69, 9.17) is 28.2 Å². The summed E-state index contributed by atoms with van der Waals surface area (Å²) in [6.07, 6.45) is 2.82. The quantitative estimate of drug-likeness (QED) is 0.306. The smallest absolute Gasteiger partial charge is 0.251 e. The first-order valence-corrected chi connectivity index (χ1v) is 12.5. The van der Waals surface area contributed by atoms with Crippen LogP contribution >= 0.6 is 35.0 Å². The molecule has 7 heteroatoms. The Balaban J connectivity index is 1.76. The lowest BCUT2D eigenvalue weighted by molar-refractivity contribution is 0.0933. The number of carbonyl (C=O) groups excluding carboxylic acids is 1. The van der Waals surface area contributed by atoms with Gasteiger partial charge in [0.05, 0.1) is 23.6 Å². The molecule has 0 spiro atoms. The molecular formula is C25H23Cl2N3OS. The third-order valence-electron chi connectivity index (χ3n) is 5.28. The molecule has 0 saturated heterocycles. The number of aromatic nitrogens is 2. The number of thioether (sulfide) groups is 1. The molecular weight excluding hydrogens is 461 g/mol. The van der Waals surface area contributed by atoms with E-state index in [1.165, 1.54) is 0 Å². The van der Waals surface area contributed by atoms with Crippen LogP contribution in [0.15, 0.2) is 72.8 Å². The third-order valence-corrected chi connectivity index (χ3v) is 6.53. The molecule has 0 fully saturated rings. The highest BCUT2D eigenvalue weighted by Gasteiger charge is 2.23. The topological polar surface area (TPSA) is 46.9 Å².